The van der Waals surface area contributed by atoms with E-state index < -0.39 is 0 Å². The Morgan fingerprint density at radius 2 is 2.29 bits per heavy atom. The van der Waals surface area contributed by atoms with E-state index in [9.17, 15) is 0 Å². The zero-order chi connectivity index (χ0) is 9.97. The first-order valence-electron chi connectivity index (χ1n) is 4.04. The largest absolute Gasteiger partial charge is 0.496 e. The van der Waals surface area contributed by atoms with Gasteiger partial charge >= 0.3 is 0 Å². The van der Waals surface area contributed by atoms with Crippen LogP contribution in [0.25, 0.3) is 10.6 Å². The minimum atomic E-state index is 0.838. The number of benzene rings is 1. The van der Waals surface area contributed by atoms with Crippen LogP contribution in [0.4, 0.5) is 0 Å². The number of aromatic nitrogens is 1. The van der Waals surface area contributed by atoms with Crippen LogP contribution in [-0.4, -0.2) is 12.1 Å². The lowest BCUT2D eigenvalue weighted by Crippen LogP contribution is -1.84. The molecule has 0 spiro atoms. The lowest BCUT2D eigenvalue weighted by atomic mass is 10.2. The van der Waals surface area contributed by atoms with Gasteiger partial charge in [0.05, 0.1) is 11.6 Å². The van der Waals surface area contributed by atoms with Gasteiger partial charge in [-0.1, -0.05) is 0 Å². The zero-order valence-corrected chi connectivity index (χ0v) is 9.93. The highest BCUT2D eigenvalue weighted by atomic mass is 79.9. The molecule has 0 saturated carbocycles. The van der Waals surface area contributed by atoms with E-state index in [-0.39, 0.29) is 0 Å². The third kappa shape index (κ3) is 1.81. The molecule has 0 N–H and O–H groups in total. The molecular formula is C10H8BrNOS. The summed E-state index contributed by atoms with van der Waals surface area (Å²) in [5.41, 5.74) is 1.10. The summed E-state index contributed by atoms with van der Waals surface area (Å²) in [5.74, 6) is 0.838. The van der Waals surface area contributed by atoms with Crippen molar-refractivity contribution >= 4 is 27.3 Å². The first-order valence-corrected chi connectivity index (χ1v) is 5.72. The van der Waals surface area contributed by atoms with Crippen molar-refractivity contribution in [3.05, 3.63) is 34.2 Å². The number of methoxy groups -OCH3 is 1. The molecule has 0 aliphatic carbocycles. The Hall–Kier alpha value is -0.870. The molecule has 2 rings (SSSR count). The third-order valence-electron chi connectivity index (χ3n) is 1.83. The SMILES string of the molecule is COc1ccc(-c2nccs2)cc1Br. The fourth-order valence-corrected chi connectivity index (χ4v) is 2.34. The maximum absolute atomic E-state index is 5.15. The second kappa shape index (κ2) is 4.11. The van der Waals surface area contributed by atoms with Gasteiger partial charge < -0.3 is 4.74 Å². The van der Waals surface area contributed by atoms with E-state index in [4.69, 9.17) is 4.74 Å². The van der Waals surface area contributed by atoms with Crippen molar-refractivity contribution in [2.24, 2.45) is 0 Å². The average molecular weight is 270 g/mol. The van der Waals surface area contributed by atoms with E-state index in [2.05, 4.69) is 20.9 Å². The Morgan fingerprint density at radius 3 is 2.86 bits per heavy atom. The van der Waals surface area contributed by atoms with E-state index in [0.717, 1.165) is 20.8 Å². The van der Waals surface area contributed by atoms with Crippen LogP contribution in [0, 0.1) is 0 Å². The predicted octanol–water partition coefficient (Wildman–Crippen LogP) is 3.58. The Bertz CT molecular complexity index is 428. The van der Waals surface area contributed by atoms with Crippen LogP contribution >= 0.6 is 27.3 Å². The van der Waals surface area contributed by atoms with Gasteiger partial charge in [0, 0.05) is 17.1 Å². The molecule has 4 heteroatoms. The monoisotopic (exact) mass is 269 g/mol. The van der Waals surface area contributed by atoms with Gasteiger partial charge in [0.2, 0.25) is 0 Å². The van der Waals surface area contributed by atoms with Crippen LogP contribution in [0.1, 0.15) is 0 Å². The first kappa shape index (κ1) is 9.68. The number of nitrogens with zero attached hydrogens (tertiary/aromatic N) is 1. The summed E-state index contributed by atoms with van der Waals surface area (Å²) in [6.45, 7) is 0. The normalized spacial score (nSPS) is 10.1. The molecule has 14 heavy (non-hydrogen) atoms. The van der Waals surface area contributed by atoms with E-state index in [1.165, 1.54) is 0 Å². The molecule has 1 heterocycles. The molecule has 1 aromatic carbocycles. The van der Waals surface area contributed by atoms with Crippen molar-refractivity contribution in [3.8, 4) is 16.3 Å². The van der Waals surface area contributed by atoms with Gasteiger partial charge in [-0.2, -0.15) is 0 Å². The molecular weight excluding hydrogens is 262 g/mol. The number of ether oxygens (including phenoxy) is 1. The smallest absolute Gasteiger partial charge is 0.133 e. The van der Waals surface area contributed by atoms with Crippen LogP contribution in [-0.2, 0) is 0 Å². The molecule has 0 aliphatic heterocycles. The van der Waals surface area contributed by atoms with Crippen molar-refractivity contribution in [1.82, 2.24) is 4.98 Å². The highest BCUT2D eigenvalue weighted by molar-refractivity contribution is 9.10. The molecule has 0 atom stereocenters. The summed E-state index contributed by atoms with van der Waals surface area (Å²) in [6.07, 6.45) is 1.80. The summed E-state index contributed by atoms with van der Waals surface area (Å²) in [6, 6.07) is 5.95. The first-order chi connectivity index (χ1) is 6.81. The fraction of sp³-hybridized carbons (Fsp3) is 0.100. The second-order valence-electron chi connectivity index (χ2n) is 2.69. The highest BCUT2D eigenvalue weighted by Crippen LogP contribution is 2.31. The molecule has 0 bridgehead atoms. The van der Waals surface area contributed by atoms with Crippen LogP contribution in [0.5, 0.6) is 5.75 Å². The van der Waals surface area contributed by atoms with Gasteiger partial charge in [-0.25, -0.2) is 4.98 Å². The van der Waals surface area contributed by atoms with Crippen molar-refractivity contribution in [2.75, 3.05) is 7.11 Å². The van der Waals surface area contributed by atoms with Gasteiger partial charge in [0.15, 0.2) is 0 Å². The number of thiazole rings is 1. The molecule has 72 valence electrons. The number of halogens is 1. The molecule has 2 nitrogen and oxygen atoms in total. The molecule has 0 fully saturated rings. The summed E-state index contributed by atoms with van der Waals surface area (Å²) >= 11 is 5.07. The molecule has 0 saturated heterocycles. The van der Waals surface area contributed by atoms with Crippen LogP contribution < -0.4 is 4.74 Å². The van der Waals surface area contributed by atoms with Gasteiger partial charge in [-0.05, 0) is 34.1 Å². The lowest BCUT2D eigenvalue weighted by molar-refractivity contribution is 0.412. The van der Waals surface area contributed by atoms with Gasteiger partial charge in [-0.3, -0.25) is 0 Å². The minimum Gasteiger partial charge on any atom is -0.496 e. The molecule has 2 aromatic rings. The predicted molar refractivity (Wildman–Crippen MR) is 61.8 cm³/mol. The Balaban J connectivity index is 2.43. The molecule has 0 aliphatic rings. The molecule has 0 amide bonds. The second-order valence-corrected chi connectivity index (χ2v) is 4.44. The molecule has 0 radical (unpaired) electrons. The molecule has 0 unspecified atom stereocenters. The maximum Gasteiger partial charge on any atom is 0.133 e. The van der Waals surface area contributed by atoms with Crippen molar-refractivity contribution in [2.45, 2.75) is 0 Å². The Labute approximate surface area is 94.7 Å². The Kier molecular flexibility index (Phi) is 2.84. The van der Waals surface area contributed by atoms with Gasteiger partial charge in [-0.15, -0.1) is 11.3 Å². The van der Waals surface area contributed by atoms with Crippen molar-refractivity contribution < 1.29 is 4.74 Å². The standard InChI is InChI=1S/C10H8BrNOS/c1-13-9-3-2-7(6-8(9)11)10-12-4-5-14-10/h2-6H,1H3. The third-order valence-corrected chi connectivity index (χ3v) is 3.27. The number of hydrogen-bond acceptors (Lipinski definition) is 3. The van der Waals surface area contributed by atoms with Crippen LogP contribution in [0.2, 0.25) is 0 Å². The highest BCUT2D eigenvalue weighted by Gasteiger charge is 2.04. The van der Waals surface area contributed by atoms with E-state index in [1.807, 2.05) is 23.6 Å². The Morgan fingerprint density at radius 1 is 1.43 bits per heavy atom. The van der Waals surface area contributed by atoms with E-state index in [1.54, 1.807) is 24.6 Å². The lowest BCUT2D eigenvalue weighted by Gasteiger charge is -2.03. The fourth-order valence-electron chi connectivity index (χ4n) is 1.17. The number of rotatable bonds is 2. The van der Waals surface area contributed by atoms with Crippen molar-refractivity contribution in [3.63, 3.8) is 0 Å². The molecule has 1 aromatic heterocycles. The zero-order valence-electron chi connectivity index (χ0n) is 7.53. The minimum absolute atomic E-state index is 0.838. The van der Waals surface area contributed by atoms with E-state index >= 15 is 0 Å². The van der Waals surface area contributed by atoms with Gasteiger partial charge in [0.25, 0.3) is 0 Å². The maximum atomic E-state index is 5.15. The van der Waals surface area contributed by atoms with Gasteiger partial charge in [0.1, 0.15) is 10.8 Å². The van der Waals surface area contributed by atoms with Crippen molar-refractivity contribution in [1.29, 1.82) is 0 Å². The average Bonchev–Trinajstić information content (AvgIpc) is 2.70. The summed E-state index contributed by atoms with van der Waals surface area (Å²) in [7, 11) is 1.66. The summed E-state index contributed by atoms with van der Waals surface area (Å²) < 4.78 is 6.11. The van der Waals surface area contributed by atoms with Crippen LogP contribution in [0.15, 0.2) is 34.2 Å². The van der Waals surface area contributed by atoms with Crippen LogP contribution in [0.3, 0.4) is 0 Å². The van der Waals surface area contributed by atoms with E-state index in [0.29, 0.717) is 0 Å². The number of hydrogen-bond donors (Lipinski definition) is 0. The summed E-state index contributed by atoms with van der Waals surface area (Å²) in [4.78, 5) is 4.24. The quantitative estimate of drug-likeness (QED) is 0.832. The topological polar surface area (TPSA) is 22.1 Å². The summed E-state index contributed by atoms with van der Waals surface area (Å²) in [5, 5.41) is 2.99.